The number of nitrogens with one attached hydrogen (secondary N) is 1. The van der Waals surface area contributed by atoms with Gasteiger partial charge in [-0.15, -0.1) is 0 Å². The second-order valence-corrected chi connectivity index (χ2v) is 6.34. The van der Waals surface area contributed by atoms with Gasteiger partial charge in [0.25, 0.3) is 0 Å². The average molecular weight is 262 g/mol. The van der Waals surface area contributed by atoms with Crippen molar-refractivity contribution in [3.05, 3.63) is 11.8 Å². The molecule has 19 heavy (non-hydrogen) atoms. The van der Waals surface area contributed by atoms with Crippen LogP contribution in [0.5, 0.6) is 0 Å². The number of hydrogen-bond acceptors (Lipinski definition) is 4. The quantitative estimate of drug-likeness (QED) is 0.888. The lowest BCUT2D eigenvalue weighted by molar-refractivity contribution is 0.565. The predicted octanol–water partition coefficient (Wildman–Crippen LogP) is 3.20. The SMILES string of the molecule is CNc1cc(C(C)(C)C)nc(N2CCCCCC2)n1. The van der Waals surface area contributed by atoms with Crippen LogP contribution in [0.25, 0.3) is 0 Å². The van der Waals surface area contributed by atoms with Gasteiger partial charge in [-0.25, -0.2) is 4.98 Å². The molecule has 1 fully saturated rings. The minimum atomic E-state index is 0.0507. The third-order valence-electron chi connectivity index (χ3n) is 3.63. The maximum atomic E-state index is 4.79. The predicted molar refractivity (Wildman–Crippen MR) is 81.0 cm³/mol. The van der Waals surface area contributed by atoms with Gasteiger partial charge < -0.3 is 10.2 Å². The van der Waals surface area contributed by atoms with Crippen LogP contribution in [0.1, 0.15) is 52.1 Å². The Morgan fingerprint density at radius 2 is 1.68 bits per heavy atom. The molecule has 1 aliphatic rings. The summed E-state index contributed by atoms with van der Waals surface area (Å²) in [5, 5.41) is 3.16. The summed E-state index contributed by atoms with van der Waals surface area (Å²) in [6.45, 7) is 8.75. The van der Waals surface area contributed by atoms with Crippen LogP contribution in [-0.2, 0) is 5.41 Å². The molecule has 0 amide bonds. The molecule has 1 N–H and O–H groups in total. The van der Waals surface area contributed by atoms with Crippen LogP contribution in [0.4, 0.5) is 11.8 Å². The first kappa shape index (κ1) is 14.1. The number of nitrogens with zero attached hydrogens (tertiary/aromatic N) is 3. The molecular weight excluding hydrogens is 236 g/mol. The van der Waals surface area contributed by atoms with Crippen LogP contribution in [0.15, 0.2) is 6.07 Å². The first-order valence-electron chi connectivity index (χ1n) is 7.33. The van der Waals surface area contributed by atoms with Crippen molar-refractivity contribution < 1.29 is 0 Å². The monoisotopic (exact) mass is 262 g/mol. The fourth-order valence-electron chi connectivity index (χ4n) is 2.36. The van der Waals surface area contributed by atoms with Gasteiger partial charge in [-0.2, -0.15) is 4.98 Å². The lowest BCUT2D eigenvalue weighted by Crippen LogP contribution is -2.27. The van der Waals surface area contributed by atoms with Crippen molar-refractivity contribution in [2.24, 2.45) is 0 Å². The molecule has 0 spiro atoms. The zero-order chi connectivity index (χ0) is 13.9. The fraction of sp³-hybridized carbons (Fsp3) is 0.733. The molecule has 4 nitrogen and oxygen atoms in total. The van der Waals surface area contributed by atoms with Crippen molar-refractivity contribution in [2.45, 2.75) is 51.9 Å². The van der Waals surface area contributed by atoms with E-state index in [0.717, 1.165) is 30.5 Å². The van der Waals surface area contributed by atoms with Crippen molar-refractivity contribution >= 4 is 11.8 Å². The highest BCUT2D eigenvalue weighted by Crippen LogP contribution is 2.25. The highest BCUT2D eigenvalue weighted by Gasteiger charge is 2.20. The maximum absolute atomic E-state index is 4.79. The van der Waals surface area contributed by atoms with Gasteiger partial charge in [-0.1, -0.05) is 33.6 Å². The molecule has 4 heteroatoms. The largest absolute Gasteiger partial charge is 0.373 e. The zero-order valence-corrected chi connectivity index (χ0v) is 12.7. The summed E-state index contributed by atoms with van der Waals surface area (Å²) in [4.78, 5) is 11.8. The van der Waals surface area contributed by atoms with Gasteiger partial charge in [0.05, 0.1) is 5.69 Å². The van der Waals surface area contributed by atoms with E-state index in [1.165, 1.54) is 25.7 Å². The van der Waals surface area contributed by atoms with Gasteiger partial charge >= 0.3 is 0 Å². The Balaban J connectivity index is 2.33. The minimum Gasteiger partial charge on any atom is -0.373 e. The Morgan fingerprint density at radius 1 is 1.05 bits per heavy atom. The third-order valence-corrected chi connectivity index (χ3v) is 3.63. The molecule has 0 atom stereocenters. The Labute approximate surface area is 116 Å². The number of aromatic nitrogens is 2. The average Bonchev–Trinajstić information content (AvgIpc) is 2.66. The van der Waals surface area contributed by atoms with Crippen LogP contribution in [0.3, 0.4) is 0 Å². The second kappa shape index (κ2) is 5.76. The zero-order valence-electron chi connectivity index (χ0n) is 12.7. The normalized spacial score (nSPS) is 17.2. The molecule has 1 aromatic heterocycles. The molecular formula is C15H26N4. The second-order valence-electron chi connectivity index (χ2n) is 6.34. The van der Waals surface area contributed by atoms with Crippen molar-refractivity contribution in [1.29, 1.82) is 0 Å². The molecule has 1 aromatic rings. The van der Waals surface area contributed by atoms with E-state index >= 15 is 0 Å². The first-order chi connectivity index (χ1) is 9.00. The summed E-state index contributed by atoms with van der Waals surface area (Å²) in [5.74, 6) is 1.80. The van der Waals surface area contributed by atoms with E-state index in [4.69, 9.17) is 4.98 Å². The van der Waals surface area contributed by atoms with Crippen LogP contribution in [0.2, 0.25) is 0 Å². The standard InChI is InChI=1S/C15H26N4/c1-15(2,3)12-11-13(16-4)18-14(17-12)19-9-7-5-6-8-10-19/h11H,5-10H2,1-4H3,(H,16,17,18). The molecule has 1 saturated heterocycles. The molecule has 1 aliphatic heterocycles. The van der Waals surface area contributed by atoms with E-state index < -0.39 is 0 Å². The van der Waals surface area contributed by atoms with Crippen LogP contribution in [0, 0.1) is 0 Å². The van der Waals surface area contributed by atoms with Gasteiger partial charge in [0.1, 0.15) is 5.82 Å². The number of rotatable bonds is 2. The summed E-state index contributed by atoms with van der Waals surface area (Å²) in [5.41, 5.74) is 1.15. The Morgan fingerprint density at radius 3 is 2.21 bits per heavy atom. The third kappa shape index (κ3) is 3.58. The molecule has 0 aliphatic carbocycles. The summed E-state index contributed by atoms with van der Waals surface area (Å²) in [7, 11) is 1.92. The van der Waals surface area contributed by atoms with E-state index in [0.29, 0.717) is 0 Å². The molecule has 106 valence electrons. The van der Waals surface area contributed by atoms with Crippen molar-refractivity contribution in [2.75, 3.05) is 30.4 Å². The van der Waals surface area contributed by atoms with Crippen molar-refractivity contribution in [3.63, 3.8) is 0 Å². The van der Waals surface area contributed by atoms with Crippen molar-refractivity contribution in [3.8, 4) is 0 Å². The molecule has 0 bridgehead atoms. The van der Waals surface area contributed by atoms with Gasteiger partial charge in [-0.3, -0.25) is 0 Å². The van der Waals surface area contributed by atoms with Crippen LogP contribution in [-0.4, -0.2) is 30.1 Å². The Hall–Kier alpha value is -1.32. The van der Waals surface area contributed by atoms with Crippen LogP contribution < -0.4 is 10.2 Å². The maximum Gasteiger partial charge on any atom is 0.227 e. The lowest BCUT2D eigenvalue weighted by Gasteiger charge is -2.24. The highest BCUT2D eigenvalue weighted by atomic mass is 15.3. The van der Waals surface area contributed by atoms with E-state index in [9.17, 15) is 0 Å². The minimum absolute atomic E-state index is 0.0507. The number of hydrogen-bond donors (Lipinski definition) is 1. The summed E-state index contributed by atoms with van der Waals surface area (Å²) < 4.78 is 0. The van der Waals surface area contributed by atoms with Crippen LogP contribution >= 0.6 is 0 Å². The first-order valence-corrected chi connectivity index (χ1v) is 7.33. The van der Waals surface area contributed by atoms with Gasteiger partial charge in [-0.05, 0) is 12.8 Å². The Bertz CT molecular complexity index is 415. The summed E-state index contributed by atoms with van der Waals surface area (Å²) >= 11 is 0. The summed E-state index contributed by atoms with van der Waals surface area (Å²) in [6, 6.07) is 2.06. The van der Waals surface area contributed by atoms with E-state index in [2.05, 4.69) is 42.0 Å². The molecule has 0 saturated carbocycles. The number of anilines is 2. The van der Waals surface area contributed by atoms with Crippen molar-refractivity contribution in [1.82, 2.24) is 9.97 Å². The molecule has 0 unspecified atom stereocenters. The van der Waals surface area contributed by atoms with Gasteiger partial charge in [0.2, 0.25) is 5.95 Å². The highest BCUT2D eigenvalue weighted by molar-refractivity contribution is 5.45. The summed E-state index contributed by atoms with van der Waals surface area (Å²) in [6.07, 6.45) is 5.15. The molecule has 0 radical (unpaired) electrons. The van der Waals surface area contributed by atoms with Gasteiger partial charge in [0, 0.05) is 31.6 Å². The fourth-order valence-corrected chi connectivity index (χ4v) is 2.36. The lowest BCUT2D eigenvalue weighted by atomic mass is 9.92. The smallest absolute Gasteiger partial charge is 0.227 e. The van der Waals surface area contributed by atoms with E-state index in [1.54, 1.807) is 0 Å². The topological polar surface area (TPSA) is 41.1 Å². The van der Waals surface area contributed by atoms with E-state index in [-0.39, 0.29) is 5.41 Å². The molecule has 2 heterocycles. The molecule has 2 rings (SSSR count). The van der Waals surface area contributed by atoms with Gasteiger partial charge in [0.15, 0.2) is 0 Å². The van der Waals surface area contributed by atoms with E-state index in [1.807, 2.05) is 7.05 Å². The Kier molecular flexibility index (Phi) is 4.27. The molecule has 0 aromatic carbocycles.